The Labute approximate surface area is 260 Å². The zero-order valence-corrected chi connectivity index (χ0v) is 27.3. The van der Waals surface area contributed by atoms with E-state index in [9.17, 15) is 4.79 Å². The van der Waals surface area contributed by atoms with Crippen LogP contribution in [0.4, 0.5) is 5.69 Å². The van der Waals surface area contributed by atoms with Gasteiger partial charge in [0.15, 0.2) is 10.2 Å². The van der Waals surface area contributed by atoms with Gasteiger partial charge < -0.3 is 26.4 Å². The lowest BCUT2D eigenvalue weighted by Crippen LogP contribution is -2.52. The molecule has 0 saturated carbocycles. The molecule has 0 aliphatic rings. The maximum atomic E-state index is 11.5. The van der Waals surface area contributed by atoms with Crippen molar-refractivity contribution in [3.05, 3.63) is 65.7 Å². The van der Waals surface area contributed by atoms with Crippen molar-refractivity contribution >= 4 is 57.7 Å². The van der Waals surface area contributed by atoms with E-state index >= 15 is 0 Å². The van der Waals surface area contributed by atoms with E-state index in [4.69, 9.17) is 34.9 Å². The summed E-state index contributed by atoms with van der Waals surface area (Å²) in [6.07, 6.45) is 0.658. The van der Waals surface area contributed by atoms with Crippen LogP contribution in [0.3, 0.4) is 0 Å². The summed E-state index contributed by atoms with van der Waals surface area (Å²) in [5.41, 5.74) is 14.0. The monoisotopic (exact) mass is 612 g/mol. The third-order valence-electron chi connectivity index (χ3n) is 6.59. The van der Waals surface area contributed by atoms with Gasteiger partial charge >= 0.3 is 0 Å². The molecule has 228 valence electrons. The van der Waals surface area contributed by atoms with Crippen LogP contribution in [0.1, 0.15) is 66.0 Å². The number of nitrogens with two attached hydrogens (primary N) is 1. The second-order valence-corrected chi connectivity index (χ2v) is 12.5. The molecule has 1 atom stereocenters. The molecule has 1 unspecified atom stereocenters. The number of anilines is 1. The Kier molecular flexibility index (Phi) is 12.5. The Hall–Kier alpha value is -3.45. The zero-order valence-electron chi connectivity index (χ0n) is 25.7. The first kappa shape index (κ1) is 34.7. The smallest absolute Gasteiger partial charge is 0.221 e. The molecule has 0 bridgehead atoms. The number of hydrazone groups is 2. The Balaban J connectivity index is 2.33. The third kappa shape index (κ3) is 11.1. The average Bonchev–Trinajstić information content (AvgIpc) is 2.89. The molecule has 0 aromatic heterocycles. The van der Waals surface area contributed by atoms with Gasteiger partial charge in [-0.2, -0.15) is 10.2 Å². The molecular weight excluding hydrogens is 569 g/mol. The molecule has 1 amide bonds. The van der Waals surface area contributed by atoms with Crippen LogP contribution in [0.2, 0.25) is 0 Å². The van der Waals surface area contributed by atoms with E-state index in [2.05, 4.69) is 57.8 Å². The van der Waals surface area contributed by atoms with Crippen molar-refractivity contribution in [3.8, 4) is 0 Å². The molecule has 0 saturated heterocycles. The summed E-state index contributed by atoms with van der Waals surface area (Å²) in [5, 5.41) is 18.9. The minimum absolute atomic E-state index is 0.157. The van der Waals surface area contributed by atoms with E-state index in [1.54, 1.807) is 19.2 Å². The predicted molar refractivity (Wildman–Crippen MR) is 181 cm³/mol. The summed E-state index contributed by atoms with van der Waals surface area (Å²) in [5.74, 6) is -0.157. The zero-order chi connectivity index (χ0) is 31.6. The van der Waals surface area contributed by atoms with Gasteiger partial charge in [0.1, 0.15) is 17.1 Å². The van der Waals surface area contributed by atoms with Crippen molar-refractivity contribution in [2.24, 2.45) is 21.4 Å². The number of ether oxygens (including phenoxy) is 1. The van der Waals surface area contributed by atoms with Crippen molar-refractivity contribution in [2.75, 3.05) is 19.0 Å². The Morgan fingerprint density at radius 1 is 0.857 bits per heavy atom. The van der Waals surface area contributed by atoms with Gasteiger partial charge in [-0.15, -0.1) is 0 Å². The highest BCUT2D eigenvalue weighted by atomic mass is 32.1. The highest BCUT2D eigenvalue weighted by Gasteiger charge is 2.35. The molecule has 42 heavy (non-hydrogen) atoms. The predicted octanol–water partition coefficient (Wildman–Crippen LogP) is 4.22. The van der Waals surface area contributed by atoms with Crippen LogP contribution in [0.5, 0.6) is 0 Å². The maximum Gasteiger partial charge on any atom is 0.221 e. The van der Waals surface area contributed by atoms with E-state index in [1.165, 1.54) is 6.92 Å². The molecule has 10 nitrogen and oxygen atoms in total. The number of thiocarbonyl (C=S) groups is 2. The molecule has 0 fully saturated rings. The standard InChI is InChI=1S/C30H44N8O2S2/c1-20(39)33-23-16-14-22(15-17-23)25(35-37-26(41)32-8)24(21-12-10-9-11-13-21)36-38-27(42)34-29(5,6)18-19-40-30(7,31)28(2,3)4/h9-17H,18-19,31H2,1-8H3,(H,33,39)(H2,32,37,41)(H2,34,38,42)/b35-25+,36-24+. The highest BCUT2D eigenvalue weighted by molar-refractivity contribution is 7.80. The first-order valence-corrected chi connectivity index (χ1v) is 14.4. The van der Waals surface area contributed by atoms with Crippen molar-refractivity contribution in [3.63, 3.8) is 0 Å². The molecule has 2 aromatic rings. The van der Waals surface area contributed by atoms with Crippen LogP contribution < -0.4 is 32.5 Å². The minimum Gasteiger partial charge on any atom is -0.364 e. The molecule has 0 spiro atoms. The fourth-order valence-corrected chi connectivity index (χ4v) is 3.79. The second kappa shape index (κ2) is 15.1. The molecule has 2 rings (SSSR count). The van der Waals surface area contributed by atoms with Gasteiger partial charge in [0, 0.05) is 41.7 Å². The number of rotatable bonds is 11. The molecule has 12 heteroatoms. The van der Waals surface area contributed by atoms with Gasteiger partial charge in [-0.3, -0.25) is 15.6 Å². The summed E-state index contributed by atoms with van der Waals surface area (Å²) < 4.78 is 6.02. The Bertz CT molecular complexity index is 1280. The van der Waals surface area contributed by atoms with E-state index in [0.29, 0.717) is 40.4 Å². The number of nitrogens with zero attached hydrogens (tertiary/aromatic N) is 2. The number of benzene rings is 2. The van der Waals surface area contributed by atoms with Crippen LogP contribution in [-0.4, -0.2) is 52.5 Å². The van der Waals surface area contributed by atoms with E-state index in [1.807, 2.05) is 63.2 Å². The van der Waals surface area contributed by atoms with Crippen LogP contribution >= 0.6 is 24.4 Å². The quantitative estimate of drug-likeness (QED) is 0.0954. The summed E-state index contributed by atoms with van der Waals surface area (Å²) >= 11 is 10.9. The molecule has 0 heterocycles. The number of hydrogen-bond acceptors (Lipinski definition) is 7. The summed E-state index contributed by atoms with van der Waals surface area (Å²) in [7, 11) is 1.70. The Morgan fingerprint density at radius 2 is 1.38 bits per heavy atom. The number of amides is 1. The fraction of sp³-hybridized carbons (Fsp3) is 0.433. The molecule has 0 radical (unpaired) electrons. The lowest BCUT2D eigenvalue weighted by atomic mass is 9.85. The summed E-state index contributed by atoms with van der Waals surface area (Å²) in [6.45, 7) is 14.0. The lowest BCUT2D eigenvalue weighted by molar-refractivity contribution is -0.114. The summed E-state index contributed by atoms with van der Waals surface area (Å²) in [6, 6.07) is 16.9. The van der Waals surface area contributed by atoms with E-state index in [-0.39, 0.29) is 11.3 Å². The Morgan fingerprint density at radius 3 is 1.88 bits per heavy atom. The van der Waals surface area contributed by atoms with Crippen molar-refractivity contribution in [2.45, 2.75) is 66.2 Å². The number of carbonyl (C=O) groups is 1. The number of nitrogens with one attached hydrogen (secondary N) is 5. The van der Waals surface area contributed by atoms with Gasteiger partial charge in [0.25, 0.3) is 0 Å². The van der Waals surface area contributed by atoms with Gasteiger partial charge in [-0.25, -0.2) is 0 Å². The van der Waals surface area contributed by atoms with Gasteiger partial charge in [-0.1, -0.05) is 63.2 Å². The second-order valence-electron chi connectivity index (χ2n) is 11.6. The van der Waals surface area contributed by atoms with Crippen LogP contribution in [-0.2, 0) is 9.53 Å². The van der Waals surface area contributed by atoms with Gasteiger partial charge in [-0.05, 0) is 63.8 Å². The van der Waals surface area contributed by atoms with Crippen LogP contribution in [0, 0.1) is 5.41 Å². The van der Waals surface area contributed by atoms with E-state index < -0.39 is 11.3 Å². The first-order valence-electron chi connectivity index (χ1n) is 13.6. The first-order chi connectivity index (χ1) is 19.5. The molecule has 0 aliphatic carbocycles. The normalized spacial score (nSPS) is 13.9. The van der Waals surface area contributed by atoms with Gasteiger partial charge in [0.2, 0.25) is 5.91 Å². The molecule has 7 N–H and O–H groups in total. The number of carbonyl (C=O) groups excluding carboxylic acids is 1. The molecular formula is C30H44N8O2S2. The van der Waals surface area contributed by atoms with Crippen LogP contribution in [0.25, 0.3) is 0 Å². The highest BCUT2D eigenvalue weighted by Crippen LogP contribution is 2.29. The van der Waals surface area contributed by atoms with E-state index in [0.717, 1.165) is 11.1 Å². The fourth-order valence-electron chi connectivity index (χ4n) is 3.42. The molecule has 2 aromatic carbocycles. The largest absolute Gasteiger partial charge is 0.364 e. The lowest BCUT2D eigenvalue weighted by Gasteiger charge is -2.39. The maximum absolute atomic E-state index is 11.5. The minimum atomic E-state index is -0.767. The molecule has 0 aliphatic heterocycles. The average molecular weight is 613 g/mol. The topological polar surface area (TPSA) is 137 Å². The third-order valence-corrected chi connectivity index (χ3v) is 7.07. The number of hydrogen-bond donors (Lipinski definition) is 6. The van der Waals surface area contributed by atoms with Crippen LogP contribution in [0.15, 0.2) is 64.8 Å². The van der Waals surface area contributed by atoms with Crippen molar-refractivity contribution in [1.82, 2.24) is 21.5 Å². The SMILES string of the molecule is CNC(=S)N/N=C(/C(=N/NC(=S)NC(C)(C)CCOC(C)(N)C(C)(C)C)c1ccccc1)c1ccc(NC(C)=O)cc1. The summed E-state index contributed by atoms with van der Waals surface area (Å²) in [4.78, 5) is 11.5. The van der Waals surface area contributed by atoms with Crippen molar-refractivity contribution < 1.29 is 9.53 Å². The van der Waals surface area contributed by atoms with Gasteiger partial charge in [0.05, 0.1) is 6.61 Å². The van der Waals surface area contributed by atoms with Crippen molar-refractivity contribution in [1.29, 1.82) is 0 Å².